The van der Waals surface area contributed by atoms with Crippen molar-refractivity contribution in [1.82, 2.24) is 4.90 Å². The minimum absolute atomic E-state index is 0.0752. The van der Waals surface area contributed by atoms with Gasteiger partial charge in [-0.2, -0.15) is 0 Å². The highest BCUT2D eigenvalue weighted by molar-refractivity contribution is 7.09. The molecule has 6 nitrogen and oxygen atoms in total. The number of amides is 2. The van der Waals surface area contributed by atoms with Gasteiger partial charge in [-0.1, -0.05) is 44.1 Å². The quantitative estimate of drug-likeness (QED) is 0.225. The first-order valence-corrected chi connectivity index (χ1v) is 15.4. The molecule has 0 radical (unpaired) electrons. The summed E-state index contributed by atoms with van der Waals surface area (Å²) in [7, 11) is -0.961. The van der Waals surface area contributed by atoms with Crippen LogP contribution in [-0.2, 0) is 20.8 Å². The molecule has 3 heterocycles. The maximum atomic E-state index is 13.8. The molecular formula is C32H40BNO5S. The Hall–Kier alpha value is -2.68. The van der Waals surface area contributed by atoms with Crippen molar-refractivity contribution in [1.29, 1.82) is 0 Å². The molecule has 0 unspecified atom stereocenters. The summed E-state index contributed by atoms with van der Waals surface area (Å²) in [6.07, 6.45) is 5.19. The molecule has 8 heteroatoms. The standard InChI is InChI=1S/C32H40BNO5S/c1-6-21(14-22-12-19(4)30(35)20(5)13-22)9-10-27-28-24(18(2)3)15-25-29(26(28)16-33(38)39-27)32(37)34(31(25)36)17-23-8-7-11-40-23/h7-8,11-14,18,25-27,29,35,38H,6,9-10,15-17H2,1-5H3/b21-14+/t25-,26+,27-,29-/m1/s1. The predicted molar refractivity (Wildman–Crippen MR) is 160 cm³/mol. The first-order valence-electron chi connectivity index (χ1n) is 14.5. The van der Waals surface area contributed by atoms with Crippen molar-refractivity contribution >= 4 is 36.3 Å². The topological polar surface area (TPSA) is 87.1 Å². The molecule has 40 heavy (non-hydrogen) atoms. The van der Waals surface area contributed by atoms with Crippen LogP contribution in [0.15, 0.2) is 46.4 Å². The Labute approximate surface area is 241 Å². The zero-order valence-electron chi connectivity index (χ0n) is 24.1. The maximum absolute atomic E-state index is 13.8. The zero-order chi connectivity index (χ0) is 28.7. The molecule has 0 spiro atoms. The summed E-state index contributed by atoms with van der Waals surface area (Å²) < 4.78 is 6.19. The van der Waals surface area contributed by atoms with E-state index in [2.05, 4.69) is 26.8 Å². The Balaban J connectivity index is 1.42. The molecule has 2 amide bonds. The number of aryl methyl sites for hydroxylation is 2. The molecule has 212 valence electrons. The summed E-state index contributed by atoms with van der Waals surface area (Å²) in [4.78, 5) is 29.8. The number of phenols is 1. The number of aromatic hydroxyl groups is 1. The number of rotatable bonds is 8. The summed E-state index contributed by atoms with van der Waals surface area (Å²) in [5, 5.41) is 23.0. The van der Waals surface area contributed by atoms with Crippen LogP contribution < -0.4 is 0 Å². The van der Waals surface area contributed by atoms with Crippen molar-refractivity contribution in [2.24, 2.45) is 23.7 Å². The molecule has 2 saturated heterocycles. The third-order valence-corrected chi connectivity index (χ3v) is 9.85. The first kappa shape index (κ1) is 28.8. The number of likely N-dealkylation sites (tertiary alicyclic amines) is 1. The van der Waals surface area contributed by atoms with Crippen molar-refractivity contribution in [3.63, 3.8) is 0 Å². The fourth-order valence-electron chi connectivity index (χ4n) is 7.01. The molecule has 4 atom stereocenters. The third-order valence-electron chi connectivity index (χ3n) is 8.99. The zero-order valence-corrected chi connectivity index (χ0v) is 25.0. The second-order valence-electron chi connectivity index (χ2n) is 11.9. The SMILES string of the molecule is CC/C(=C\c1cc(C)c(O)c(C)c1)CC[C@H]1OB(O)C[C@H]2C1=C(C(C)C)C[C@H]1C(=O)N(Cc3cccs3)C(=O)[C@H]12. The number of benzene rings is 1. The van der Waals surface area contributed by atoms with E-state index >= 15 is 0 Å². The van der Waals surface area contributed by atoms with Gasteiger partial charge in [0, 0.05) is 4.88 Å². The van der Waals surface area contributed by atoms with Crippen LogP contribution in [0.3, 0.4) is 0 Å². The highest BCUT2D eigenvalue weighted by Gasteiger charge is 2.57. The Morgan fingerprint density at radius 2 is 1.93 bits per heavy atom. The molecule has 2 aliphatic heterocycles. The molecule has 0 bridgehead atoms. The Morgan fingerprint density at radius 1 is 1.20 bits per heavy atom. The van der Waals surface area contributed by atoms with Crippen molar-refractivity contribution in [2.45, 2.75) is 79.3 Å². The van der Waals surface area contributed by atoms with E-state index in [1.165, 1.54) is 16.0 Å². The Kier molecular flexibility index (Phi) is 8.41. The number of phenolic OH excluding ortho intramolecular Hbond substituents is 1. The van der Waals surface area contributed by atoms with Crippen molar-refractivity contribution in [3.05, 3.63) is 67.9 Å². The molecule has 2 fully saturated rings. The minimum atomic E-state index is -0.961. The molecule has 2 aromatic rings. The average Bonchev–Trinajstić information content (AvgIpc) is 3.51. The predicted octanol–water partition coefficient (Wildman–Crippen LogP) is 6.30. The lowest BCUT2D eigenvalue weighted by Crippen LogP contribution is -2.46. The molecule has 0 saturated carbocycles. The van der Waals surface area contributed by atoms with Gasteiger partial charge in [0.15, 0.2) is 0 Å². The lowest BCUT2D eigenvalue weighted by molar-refractivity contribution is -0.140. The van der Waals surface area contributed by atoms with E-state index in [1.54, 1.807) is 11.3 Å². The molecule has 1 aliphatic carbocycles. The summed E-state index contributed by atoms with van der Waals surface area (Å²) in [5.41, 5.74) is 6.41. The largest absolute Gasteiger partial charge is 0.507 e. The summed E-state index contributed by atoms with van der Waals surface area (Å²) in [6, 6.07) is 7.90. The highest BCUT2D eigenvalue weighted by atomic mass is 32.1. The van der Waals surface area contributed by atoms with Crippen LogP contribution in [0.25, 0.3) is 6.08 Å². The van der Waals surface area contributed by atoms with E-state index in [0.717, 1.165) is 40.0 Å². The summed E-state index contributed by atoms with van der Waals surface area (Å²) in [6.45, 7) is 10.6. The first-order chi connectivity index (χ1) is 19.1. The van der Waals surface area contributed by atoms with Gasteiger partial charge in [-0.25, -0.2) is 0 Å². The second-order valence-corrected chi connectivity index (χ2v) is 13.0. The van der Waals surface area contributed by atoms with Gasteiger partial charge in [0.25, 0.3) is 0 Å². The normalized spacial score (nSPS) is 25.2. The lowest BCUT2D eigenvalue weighted by Gasteiger charge is -2.44. The van der Waals surface area contributed by atoms with Crippen LogP contribution in [0.5, 0.6) is 5.75 Å². The van der Waals surface area contributed by atoms with Crippen LogP contribution in [0.2, 0.25) is 6.32 Å². The number of fused-ring (bicyclic) bond motifs is 3. The number of allylic oxidation sites excluding steroid dienone is 2. The van der Waals surface area contributed by atoms with Gasteiger partial charge >= 0.3 is 7.12 Å². The van der Waals surface area contributed by atoms with Gasteiger partial charge in [-0.05, 0) is 104 Å². The van der Waals surface area contributed by atoms with E-state index in [9.17, 15) is 19.7 Å². The molecule has 1 aromatic heterocycles. The van der Waals surface area contributed by atoms with Gasteiger partial charge in [-0.3, -0.25) is 14.5 Å². The van der Waals surface area contributed by atoms with Gasteiger partial charge in [0.05, 0.1) is 24.5 Å². The Bertz CT molecular complexity index is 1320. The summed E-state index contributed by atoms with van der Waals surface area (Å²) in [5.74, 6) is -0.609. The van der Waals surface area contributed by atoms with Crippen molar-refractivity contribution < 1.29 is 24.4 Å². The van der Waals surface area contributed by atoms with Gasteiger partial charge in [0.2, 0.25) is 11.8 Å². The van der Waals surface area contributed by atoms with E-state index in [0.29, 0.717) is 31.5 Å². The second kappa shape index (κ2) is 11.7. The van der Waals surface area contributed by atoms with Crippen LogP contribution in [-0.4, -0.2) is 40.1 Å². The lowest BCUT2D eigenvalue weighted by atomic mass is 9.57. The number of nitrogens with zero attached hydrogens (tertiary/aromatic N) is 1. The number of carbonyl (C=O) groups excluding carboxylic acids is 2. The Morgan fingerprint density at radius 3 is 2.55 bits per heavy atom. The highest BCUT2D eigenvalue weighted by Crippen LogP contribution is 2.52. The average molecular weight is 562 g/mol. The van der Waals surface area contributed by atoms with Crippen LogP contribution >= 0.6 is 11.3 Å². The number of carbonyl (C=O) groups is 2. The molecule has 1 aromatic carbocycles. The van der Waals surface area contributed by atoms with Gasteiger partial charge in [-0.15, -0.1) is 11.3 Å². The van der Waals surface area contributed by atoms with E-state index in [1.807, 2.05) is 43.5 Å². The summed E-state index contributed by atoms with van der Waals surface area (Å²) >= 11 is 1.56. The van der Waals surface area contributed by atoms with E-state index in [-0.39, 0.29) is 35.7 Å². The third kappa shape index (κ3) is 5.46. The van der Waals surface area contributed by atoms with Crippen molar-refractivity contribution in [2.75, 3.05) is 0 Å². The van der Waals surface area contributed by atoms with E-state index < -0.39 is 13.0 Å². The van der Waals surface area contributed by atoms with Crippen LogP contribution in [0, 0.1) is 37.5 Å². The molecular weight excluding hydrogens is 521 g/mol. The molecule has 2 N–H and O–H groups in total. The monoisotopic (exact) mass is 561 g/mol. The number of hydrogen-bond acceptors (Lipinski definition) is 6. The number of imide groups is 1. The number of thiophene rings is 1. The van der Waals surface area contributed by atoms with Crippen LogP contribution in [0.4, 0.5) is 0 Å². The number of hydrogen-bond donors (Lipinski definition) is 2. The van der Waals surface area contributed by atoms with E-state index in [4.69, 9.17) is 4.65 Å². The fourth-order valence-corrected chi connectivity index (χ4v) is 7.70. The fraction of sp³-hybridized carbons (Fsp3) is 0.500. The van der Waals surface area contributed by atoms with Crippen molar-refractivity contribution in [3.8, 4) is 5.75 Å². The van der Waals surface area contributed by atoms with Gasteiger partial charge in [0.1, 0.15) is 5.75 Å². The van der Waals surface area contributed by atoms with Crippen LogP contribution in [0.1, 0.15) is 68.0 Å². The minimum Gasteiger partial charge on any atom is -0.507 e. The molecule has 5 rings (SSSR count). The maximum Gasteiger partial charge on any atom is 0.455 e. The van der Waals surface area contributed by atoms with Gasteiger partial charge < -0.3 is 14.8 Å². The molecule has 3 aliphatic rings. The smallest absolute Gasteiger partial charge is 0.455 e.